The highest BCUT2D eigenvalue weighted by molar-refractivity contribution is 5.62. The van der Waals surface area contributed by atoms with Crippen molar-refractivity contribution >= 4 is 0 Å². The fourth-order valence-electron chi connectivity index (χ4n) is 1.97. The predicted molar refractivity (Wildman–Crippen MR) is 70.1 cm³/mol. The molecule has 3 rings (SSSR count). The Labute approximate surface area is 105 Å². The van der Waals surface area contributed by atoms with Crippen LogP contribution < -0.4 is 0 Å². The predicted octanol–water partition coefficient (Wildman–Crippen LogP) is 2.63. The molecule has 1 N–H and O–H groups in total. The van der Waals surface area contributed by atoms with Crippen molar-refractivity contribution in [3.8, 4) is 11.1 Å². The molecule has 0 saturated carbocycles. The van der Waals surface area contributed by atoms with Crippen molar-refractivity contribution in [3.63, 3.8) is 0 Å². The number of nitrogens with one attached hydrogen (secondary N) is 1. The Morgan fingerprint density at radius 3 is 2.94 bits per heavy atom. The minimum absolute atomic E-state index is 0.714. The SMILES string of the molecule is Cc1cccc(-c2cnn(Cc3ccn[nH]3)c2)c1. The summed E-state index contributed by atoms with van der Waals surface area (Å²) in [5.41, 5.74) is 4.65. The van der Waals surface area contributed by atoms with Crippen molar-refractivity contribution in [1.82, 2.24) is 20.0 Å². The molecule has 0 atom stereocenters. The largest absolute Gasteiger partial charge is 0.281 e. The van der Waals surface area contributed by atoms with Crippen LogP contribution in [0.1, 0.15) is 11.3 Å². The van der Waals surface area contributed by atoms with E-state index < -0.39 is 0 Å². The van der Waals surface area contributed by atoms with Gasteiger partial charge in [0.15, 0.2) is 0 Å². The second-order valence-electron chi connectivity index (χ2n) is 4.38. The van der Waals surface area contributed by atoms with Crippen molar-refractivity contribution in [2.24, 2.45) is 0 Å². The minimum Gasteiger partial charge on any atom is -0.281 e. The van der Waals surface area contributed by atoms with Crippen LogP contribution in [0.3, 0.4) is 0 Å². The lowest BCUT2D eigenvalue weighted by atomic mass is 10.1. The van der Waals surface area contributed by atoms with E-state index in [1.807, 2.05) is 16.9 Å². The molecule has 4 heteroatoms. The number of nitrogens with zero attached hydrogens (tertiary/aromatic N) is 3. The van der Waals surface area contributed by atoms with E-state index in [2.05, 4.69) is 52.7 Å². The number of benzene rings is 1. The third kappa shape index (κ3) is 2.18. The van der Waals surface area contributed by atoms with E-state index in [-0.39, 0.29) is 0 Å². The van der Waals surface area contributed by atoms with Crippen molar-refractivity contribution in [3.05, 3.63) is 60.2 Å². The minimum atomic E-state index is 0.714. The standard InChI is InChI=1S/C14H14N4/c1-11-3-2-4-12(7-11)13-8-16-18(9-13)10-14-5-6-15-17-14/h2-9H,10H2,1H3,(H,15,17). The van der Waals surface area contributed by atoms with E-state index in [0.717, 1.165) is 11.3 Å². The first-order valence-corrected chi connectivity index (χ1v) is 5.89. The van der Waals surface area contributed by atoms with Gasteiger partial charge in [-0.15, -0.1) is 0 Å². The summed E-state index contributed by atoms with van der Waals surface area (Å²) in [5, 5.41) is 11.2. The molecule has 2 heterocycles. The second kappa shape index (κ2) is 4.49. The Balaban J connectivity index is 1.85. The van der Waals surface area contributed by atoms with E-state index in [4.69, 9.17) is 0 Å². The van der Waals surface area contributed by atoms with Crippen LogP contribution in [-0.2, 0) is 6.54 Å². The van der Waals surface area contributed by atoms with Crippen molar-refractivity contribution in [2.45, 2.75) is 13.5 Å². The van der Waals surface area contributed by atoms with Crippen LogP contribution in [0.4, 0.5) is 0 Å². The van der Waals surface area contributed by atoms with Crippen molar-refractivity contribution in [2.75, 3.05) is 0 Å². The Kier molecular flexibility index (Phi) is 2.68. The van der Waals surface area contributed by atoms with Crippen molar-refractivity contribution in [1.29, 1.82) is 0 Å². The number of aromatic nitrogens is 4. The van der Waals surface area contributed by atoms with Crippen LogP contribution in [0.2, 0.25) is 0 Å². The molecule has 0 fully saturated rings. The Morgan fingerprint density at radius 1 is 1.22 bits per heavy atom. The van der Waals surface area contributed by atoms with Crippen molar-refractivity contribution < 1.29 is 0 Å². The fourth-order valence-corrected chi connectivity index (χ4v) is 1.97. The molecule has 0 aliphatic heterocycles. The quantitative estimate of drug-likeness (QED) is 0.762. The molecule has 0 aliphatic rings. The first-order valence-electron chi connectivity index (χ1n) is 5.89. The summed E-state index contributed by atoms with van der Waals surface area (Å²) in [6.07, 6.45) is 5.70. The van der Waals surface area contributed by atoms with Crippen LogP contribution in [0, 0.1) is 6.92 Å². The molecule has 0 spiro atoms. The normalized spacial score (nSPS) is 10.7. The number of hydrogen-bond donors (Lipinski definition) is 1. The summed E-state index contributed by atoms with van der Waals surface area (Å²) in [5.74, 6) is 0. The van der Waals surface area contributed by atoms with Gasteiger partial charge in [0.2, 0.25) is 0 Å². The molecule has 4 nitrogen and oxygen atoms in total. The average Bonchev–Trinajstić information content (AvgIpc) is 3.01. The first kappa shape index (κ1) is 10.8. The first-order chi connectivity index (χ1) is 8.81. The summed E-state index contributed by atoms with van der Waals surface area (Å²) in [4.78, 5) is 0. The summed E-state index contributed by atoms with van der Waals surface area (Å²) in [7, 11) is 0. The van der Waals surface area contributed by atoms with E-state index in [1.165, 1.54) is 11.1 Å². The molecular formula is C14H14N4. The van der Waals surface area contributed by atoms with Gasteiger partial charge < -0.3 is 0 Å². The Bertz CT molecular complexity index is 637. The zero-order valence-electron chi connectivity index (χ0n) is 10.2. The second-order valence-corrected chi connectivity index (χ2v) is 4.38. The average molecular weight is 238 g/mol. The third-order valence-corrected chi connectivity index (χ3v) is 2.88. The lowest BCUT2D eigenvalue weighted by Crippen LogP contribution is -1.99. The van der Waals surface area contributed by atoms with Crippen LogP contribution >= 0.6 is 0 Å². The lowest BCUT2D eigenvalue weighted by Gasteiger charge is -1.99. The van der Waals surface area contributed by atoms with Gasteiger partial charge in [-0.05, 0) is 18.6 Å². The Hall–Kier alpha value is -2.36. The van der Waals surface area contributed by atoms with Crippen LogP contribution in [0.5, 0.6) is 0 Å². The third-order valence-electron chi connectivity index (χ3n) is 2.88. The summed E-state index contributed by atoms with van der Waals surface area (Å²) < 4.78 is 1.91. The molecule has 0 saturated heterocycles. The molecule has 90 valence electrons. The van der Waals surface area contributed by atoms with E-state index in [9.17, 15) is 0 Å². The zero-order chi connectivity index (χ0) is 12.4. The highest BCUT2D eigenvalue weighted by atomic mass is 15.3. The number of aryl methyl sites for hydroxylation is 1. The van der Waals surface area contributed by atoms with Gasteiger partial charge in [-0.3, -0.25) is 9.78 Å². The molecule has 1 aromatic carbocycles. The van der Waals surface area contributed by atoms with E-state index >= 15 is 0 Å². The molecular weight excluding hydrogens is 224 g/mol. The van der Waals surface area contributed by atoms with Gasteiger partial charge in [0.05, 0.1) is 18.4 Å². The number of aromatic amines is 1. The molecule has 3 aromatic rings. The molecule has 0 unspecified atom stereocenters. The topological polar surface area (TPSA) is 46.5 Å². The highest BCUT2D eigenvalue weighted by Crippen LogP contribution is 2.19. The van der Waals surface area contributed by atoms with E-state index in [1.54, 1.807) is 6.20 Å². The molecule has 18 heavy (non-hydrogen) atoms. The molecule has 2 aromatic heterocycles. The summed E-state index contributed by atoms with van der Waals surface area (Å²) in [6.45, 7) is 2.81. The maximum Gasteiger partial charge on any atom is 0.0825 e. The van der Waals surface area contributed by atoms with E-state index in [0.29, 0.717) is 6.54 Å². The smallest absolute Gasteiger partial charge is 0.0825 e. The number of H-pyrrole nitrogens is 1. The fraction of sp³-hybridized carbons (Fsp3) is 0.143. The molecule has 0 bridgehead atoms. The van der Waals surface area contributed by atoms with Crippen LogP contribution in [0.15, 0.2) is 48.9 Å². The highest BCUT2D eigenvalue weighted by Gasteiger charge is 2.03. The molecule has 0 aliphatic carbocycles. The zero-order valence-corrected chi connectivity index (χ0v) is 10.2. The van der Waals surface area contributed by atoms with Gasteiger partial charge in [-0.25, -0.2) is 0 Å². The lowest BCUT2D eigenvalue weighted by molar-refractivity contribution is 0.670. The number of hydrogen-bond acceptors (Lipinski definition) is 2. The van der Waals surface area contributed by atoms with Crippen LogP contribution in [-0.4, -0.2) is 20.0 Å². The molecule has 0 radical (unpaired) electrons. The summed E-state index contributed by atoms with van der Waals surface area (Å²) in [6, 6.07) is 10.4. The maximum atomic E-state index is 4.37. The summed E-state index contributed by atoms with van der Waals surface area (Å²) >= 11 is 0. The van der Waals surface area contributed by atoms with Gasteiger partial charge in [0.1, 0.15) is 0 Å². The van der Waals surface area contributed by atoms with Gasteiger partial charge in [-0.2, -0.15) is 10.2 Å². The van der Waals surface area contributed by atoms with Gasteiger partial charge in [-0.1, -0.05) is 29.8 Å². The maximum absolute atomic E-state index is 4.37. The number of rotatable bonds is 3. The van der Waals surface area contributed by atoms with Gasteiger partial charge in [0.25, 0.3) is 0 Å². The Morgan fingerprint density at radius 2 is 2.17 bits per heavy atom. The monoisotopic (exact) mass is 238 g/mol. The van der Waals surface area contributed by atoms with Gasteiger partial charge >= 0.3 is 0 Å². The molecule has 0 amide bonds. The van der Waals surface area contributed by atoms with Crippen LogP contribution in [0.25, 0.3) is 11.1 Å². The van der Waals surface area contributed by atoms with Gasteiger partial charge in [0, 0.05) is 18.0 Å².